The molecular weight excluding hydrogens is 228 g/mol. The molecule has 0 bridgehead atoms. The zero-order chi connectivity index (χ0) is 11.4. The number of nitrogens with one attached hydrogen (secondary N) is 2. The van der Waals surface area contributed by atoms with Gasteiger partial charge in [-0.3, -0.25) is 5.32 Å². The van der Waals surface area contributed by atoms with E-state index in [4.69, 9.17) is 9.84 Å². The molecule has 0 spiro atoms. The predicted octanol–water partition coefficient (Wildman–Crippen LogP) is 0.935. The van der Waals surface area contributed by atoms with E-state index < -0.39 is 0 Å². The predicted molar refractivity (Wildman–Crippen MR) is 61.8 cm³/mol. The van der Waals surface area contributed by atoms with Crippen molar-refractivity contribution in [3.8, 4) is 0 Å². The highest BCUT2D eigenvalue weighted by atomic mass is 32.1. The van der Waals surface area contributed by atoms with Crippen LogP contribution in [0.25, 0.3) is 0 Å². The molecule has 1 aromatic rings. The van der Waals surface area contributed by atoms with Gasteiger partial charge in [0.2, 0.25) is 0 Å². The van der Waals surface area contributed by atoms with Crippen LogP contribution in [0.1, 0.15) is 10.4 Å². The van der Waals surface area contributed by atoms with Crippen molar-refractivity contribution in [1.29, 1.82) is 0 Å². The maximum Gasteiger partial charge on any atom is 0.319 e. The van der Waals surface area contributed by atoms with E-state index >= 15 is 0 Å². The van der Waals surface area contributed by atoms with Gasteiger partial charge in [0, 0.05) is 11.4 Å². The molecule has 0 unspecified atom stereocenters. The fourth-order valence-corrected chi connectivity index (χ4v) is 2.58. The highest BCUT2D eigenvalue weighted by Gasteiger charge is 2.14. The fraction of sp³-hybridized carbons (Fsp3) is 0.500. The van der Waals surface area contributed by atoms with Gasteiger partial charge in [0.15, 0.2) is 0 Å². The number of ether oxygens (including phenoxy) is 1. The molecule has 2 heterocycles. The second-order valence-corrected chi connectivity index (χ2v) is 4.60. The van der Waals surface area contributed by atoms with Gasteiger partial charge in [-0.2, -0.15) is 0 Å². The standard InChI is InChI=1S/C10H14N2O3S/c13-3-2-11-10(14)12-9-5-7-1-4-15-6-8(7)16-9/h5,13H,1-4,6H2,(H2,11,12,14). The summed E-state index contributed by atoms with van der Waals surface area (Å²) < 4.78 is 5.33. The van der Waals surface area contributed by atoms with Crippen molar-refractivity contribution in [2.75, 3.05) is 25.1 Å². The summed E-state index contributed by atoms with van der Waals surface area (Å²) in [6.45, 7) is 1.60. The Morgan fingerprint density at radius 3 is 3.25 bits per heavy atom. The van der Waals surface area contributed by atoms with Crippen LogP contribution in [0.4, 0.5) is 9.80 Å². The molecule has 0 radical (unpaired) electrons. The molecule has 2 rings (SSSR count). The first-order valence-electron chi connectivity index (χ1n) is 5.14. The van der Waals surface area contributed by atoms with Crippen molar-refractivity contribution in [2.45, 2.75) is 13.0 Å². The fourth-order valence-electron chi connectivity index (χ4n) is 1.53. The van der Waals surface area contributed by atoms with Crippen LogP contribution in [-0.2, 0) is 17.8 Å². The Labute approximate surface area is 97.4 Å². The number of rotatable bonds is 3. The lowest BCUT2D eigenvalue weighted by Crippen LogP contribution is -2.30. The third kappa shape index (κ3) is 2.72. The van der Waals surface area contributed by atoms with Crippen LogP contribution in [0.2, 0.25) is 0 Å². The van der Waals surface area contributed by atoms with Gasteiger partial charge in [0.1, 0.15) is 0 Å². The largest absolute Gasteiger partial charge is 0.395 e. The van der Waals surface area contributed by atoms with E-state index in [1.54, 1.807) is 0 Å². The number of amides is 2. The first-order chi connectivity index (χ1) is 7.79. The van der Waals surface area contributed by atoms with Crippen LogP contribution >= 0.6 is 11.3 Å². The van der Waals surface area contributed by atoms with Crippen LogP contribution < -0.4 is 10.6 Å². The maximum atomic E-state index is 11.3. The summed E-state index contributed by atoms with van der Waals surface area (Å²) in [4.78, 5) is 12.5. The first kappa shape index (κ1) is 11.4. The topological polar surface area (TPSA) is 70.6 Å². The molecule has 2 amide bonds. The van der Waals surface area contributed by atoms with Gasteiger partial charge in [0.25, 0.3) is 0 Å². The molecule has 0 saturated carbocycles. The smallest absolute Gasteiger partial charge is 0.319 e. The lowest BCUT2D eigenvalue weighted by molar-refractivity contribution is 0.113. The molecule has 0 aliphatic carbocycles. The molecule has 1 aromatic heterocycles. The average Bonchev–Trinajstić information content (AvgIpc) is 2.68. The lowest BCUT2D eigenvalue weighted by Gasteiger charge is -2.10. The van der Waals surface area contributed by atoms with Crippen molar-refractivity contribution >= 4 is 22.4 Å². The maximum absolute atomic E-state index is 11.3. The highest BCUT2D eigenvalue weighted by molar-refractivity contribution is 7.16. The number of urea groups is 1. The minimum absolute atomic E-state index is 0.0534. The zero-order valence-corrected chi connectivity index (χ0v) is 9.60. The molecule has 1 aliphatic rings. The highest BCUT2D eigenvalue weighted by Crippen LogP contribution is 2.30. The number of carbonyl (C=O) groups excluding carboxylic acids is 1. The third-order valence-electron chi connectivity index (χ3n) is 2.28. The lowest BCUT2D eigenvalue weighted by atomic mass is 10.2. The first-order valence-corrected chi connectivity index (χ1v) is 5.96. The van der Waals surface area contributed by atoms with Crippen molar-refractivity contribution < 1.29 is 14.6 Å². The third-order valence-corrected chi connectivity index (χ3v) is 3.35. The van der Waals surface area contributed by atoms with Crippen LogP contribution in [0.15, 0.2) is 6.07 Å². The van der Waals surface area contributed by atoms with E-state index in [0.717, 1.165) is 18.0 Å². The summed E-state index contributed by atoms with van der Waals surface area (Å²) in [5.41, 5.74) is 1.26. The van der Waals surface area contributed by atoms with Crippen LogP contribution in [-0.4, -0.2) is 30.9 Å². The van der Waals surface area contributed by atoms with Gasteiger partial charge in [-0.15, -0.1) is 11.3 Å². The van der Waals surface area contributed by atoms with E-state index in [1.165, 1.54) is 21.8 Å². The Hall–Kier alpha value is -1.11. The molecule has 0 atom stereocenters. The van der Waals surface area contributed by atoms with Gasteiger partial charge in [-0.25, -0.2) is 4.79 Å². The number of aliphatic hydroxyl groups is 1. The van der Waals surface area contributed by atoms with Gasteiger partial charge in [0.05, 0.1) is 24.8 Å². The second-order valence-electron chi connectivity index (χ2n) is 3.47. The Kier molecular flexibility index (Phi) is 3.76. The van der Waals surface area contributed by atoms with Crippen LogP contribution in [0.5, 0.6) is 0 Å². The summed E-state index contributed by atoms with van der Waals surface area (Å²) in [7, 11) is 0. The Morgan fingerprint density at radius 1 is 1.62 bits per heavy atom. The minimum Gasteiger partial charge on any atom is -0.395 e. The summed E-state index contributed by atoms with van der Waals surface area (Å²) in [5.74, 6) is 0. The van der Waals surface area contributed by atoms with E-state index in [-0.39, 0.29) is 19.2 Å². The van der Waals surface area contributed by atoms with E-state index in [0.29, 0.717) is 6.61 Å². The van der Waals surface area contributed by atoms with Crippen molar-refractivity contribution in [2.24, 2.45) is 0 Å². The van der Waals surface area contributed by atoms with Crippen LogP contribution in [0.3, 0.4) is 0 Å². The summed E-state index contributed by atoms with van der Waals surface area (Å²) >= 11 is 1.54. The number of fused-ring (bicyclic) bond motifs is 1. The number of hydrogen-bond donors (Lipinski definition) is 3. The summed E-state index contributed by atoms with van der Waals surface area (Å²) in [6.07, 6.45) is 0.909. The molecular formula is C10H14N2O3S. The molecule has 0 aromatic carbocycles. The second kappa shape index (κ2) is 5.29. The van der Waals surface area contributed by atoms with Crippen molar-refractivity contribution in [3.63, 3.8) is 0 Å². The normalized spacial score (nSPS) is 14.3. The van der Waals surface area contributed by atoms with Crippen LogP contribution in [0, 0.1) is 0 Å². The quantitative estimate of drug-likeness (QED) is 0.738. The van der Waals surface area contributed by atoms with Gasteiger partial charge in [-0.05, 0) is 18.1 Å². The van der Waals surface area contributed by atoms with Gasteiger partial charge >= 0.3 is 6.03 Å². The Morgan fingerprint density at radius 2 is 2.50 bits per heavy atom. The summed E-state index contributed by atoms with van der Waals surface area (Å²) in [5, 5.41) is 14.7. The Bertz CT molecular complexity index is 355. The average molecular weight is 242 g/mol. The molecule has 5 nitrogen and oxygen atoms in total. The molecule has 3 N–H and O–H groups in total. The van der Waals surface area contributed by atoms with E-state index in [1.807, 2.05) is 6.07 Å². The molecule has 6 heteroatoms. The number of aliphatic hydroxyl groups excluding tert-OH is 1. The number of thiophene rings is 1. The van der Waals surface area contributed by atoms with Gasteiger partial charge in [-0.1, -0.05) is 0 Å². The monoisotopic (exact) mass is 242 g/mol. The number of carbonyl (C=O) groups is 1. The summed E-state index contributed by atoms with van der Waals surface area (Å²) in [6, 6.07) is 1.70. The minimum atomic E-state index is -0.284. The molecule has 16 heavy (non-hydrogen) atoms. The van der Waals surface area contributed by atoms with Gasteiger partial charge < -0.3 is 15.2 Å². The number of anilines is 1. The Balaban J connectivity index is 1.94. The van der Waals surface area contributed by atoms with E-state index in [9.17, 15) is 4.79 Å². The van der Waals surface area contributed by atoms with Crippen molar-refractivity contribution in [3.05, 3.63) is 16.5 Å². The molecule has 0 saturated heterocycles. The number of hydrogen-bond acceptors (Lipinski definition) is 4. The van der Waals surface area contributed by atoms with Crippen molar-refractivity contribution in [1.82, 2.24) is 5.32 Å². The molecule has 0 fully saturated rings. The molecule has 1 aliphatic heterocycles. The SMILES string of the molecule is O=C(NCCO)Nc1cc2c(s1)COCC2. The molecule has 88 valence electrons. The van der Waals surface area contributed by atoms with E-state index in [2.05, 4.69) is 10.6 Å². The zero-order valence-electron chi connectivity index (χ0n) is 8.78.